The van der Waals surface area contributed by atoms with Gasteiger partial charge in [-0.15, -0.1) is 5.10 Å². The molecule has 2 aromatic rings. The molecule has 1 aromatic carbocycles. The zero-order valence-corrected chi connectivity index (χ0v) is 13.7. The van der Waals surface area contributed by atoms with Crippen molar-refractivity contribution in [3.8, 4) is 5.69 Å². The van der Waals surface area contributed by atoms with E-state index in [1.807, 2.05) is 38.1 Å². The number of nitrogens with zero attached hydrogens (tertiary/aromatic N) is 4. The molecule has 0 saturated carbocycles. The summed E-state index contributed by atoms with van der Waals surface area (Å²) in [6, 6.07) is 7.66. The van der Waals surface area contributed by atoms with E-state index < -0.39 is 0 Å². The maximum Gasteiger partial charge on any atom is 0.223 e. The summed E-state index contributed by atoms with van der Waals surface area (Å²) in [7, 11) is 0. The third-order valence-electron chi connectivity index (χ3n) is 3.38. The van der Waals surface area contributed by atoms with Gasteiger partial charge >= 0.3 is 0 Å². The molecule has 0 aliphatic rings. The summed E-state index contributed by atoms with van der Waals surface area (Å²) in [4.78, 5) is 12.0. The van der Waals surface area contributed by atoms with E-state index in [-0.39, 0.29) is 11.8 Å². The highest BCUT2D eigenvalue weighted by atomic mass is 79.9. The van der Waals surface area contributed by atoms with Crippen molar-refractivity contribution in [1.82, 2.24) is 25.5 Å². The molecular weight excluding hydrogens is 334 g/mol. The van der Waals surface area contributed by atoms with E-state index in [9.17, 15) is 4.79 Å². The van der Waals surface area contributed by atoms with E-state index in [2.05, 4.69) is 36.8 Å². The van der Waals surface area contributed by atoms with Gasteiger partial charge in [0.2, 0.25) is 5.91 Å². The van der Waals surface area contributed by atoms with Gasteiger partial charge in [-0.05, 0) is 47.5 Å². The maximum absolute atomic E-state index is 12.0. The van der Waals surface area contributed by atoms with Crippen LogP contribution in [0.4, 0.5) is 0 Å². The molecule has 0 saturated heterocycles. The Morgan fingerprint density at radius 1 is 1.29 bits per heavy atom. The van der Waals surface area contributed by atoms with Crippen molar-refractivity contribution in [2.75, 3.05) is 0 Å². The standard InChI is InChI=1S/C14H18BrN5O/c1-3-10(4-2)14(21)16-9-13-17-18-19-20(13)12-7-5-11(15)6-8-12/h5-8,10H,3-4,9H2,1-2H3,(H,16,21). The van der Waals surface area contributed by atoms with Crippen LogP contribution in [0.25, 0.3) is 5.69 Å². The fourth-order valence-corrected chi connectivity index (χ4v) is 2.33. The first-order chi connectivity index (χ1) is 10.2. The number of carbonyl (C=O) groups is 1. The van der Waals surface area contributed by atoms with Crippen molar-refractivity contribution >= 4 is 21.8 Å². The predicted molar refractivity (Wildman–Crippen MR) is 82.8 cm³/mol. The smallest absolute Gasteiger partial charge is 0.223 e. The van der Waals surface area contributed by atoms with Crippen molar-refractivity contribution < 1.29 is 4.79 Å². The summed E-state index contributed by atoms with van der Waals surface area (Å²) in [6.07, 6.45) is 1.67. The van der Waals surface area contributed by atoms with Crippen LogP contribution in [0.1, 0.15) is 32.5 Å². The molecule has 2 rings (SSSR count). The third kappa shape index (κ3) is 3.87. The minimum absolute atomic E-state index is 0.0435. The summed E-state index contributed by atoms with van der Waals surface area (Å²) >= 11 is 3.39. The van der Waals surface area contributed by atoms with Gasteiger partial charge in [0.05, 0.1) is 12.2 Å². The predicted octanol–water partition coefficient (Wildman–Crippen LogP) is 2.48. The molecule has 0 aliphatic heterocycles. The average molecular weight is 352 g/mol. The number of aromatic nitrogens is 4. The monoisotopic (exact) mass is 351 g/mol. The van der Waals surface area contributed by atoms with E-state index in [1.165, 1.54) is 0 Å². The topological polar surface area (TPSA) is 72.7 Å². The van der Waals surface area contributed by atoms with Crippen molar-refractivity contribution in [2.24, 2.45) is 5.92 Å². The molecule has 0 atom stereocenters. The van der Waals surface area contributed by atoms with E-state index in [0.717, 1.165) is 23.0 Å². The van der Waals surface area contributed by atoms with Gasteiger partial charge in [0.15, 0.2) is 5.82 Å². The summed E-state index contributed by atoms with van der Waals surface area (Å²) in [6.45, 7) is 4.34. The molecule has 7 heteroatoms. The van der Waals surface area contributed by atoms with E-state index in [1.54, 1.807) is 4.68 Å². The lowest BCUT2D eigenvalue weighted by atomic mass is 10.0. The van der Waals surface area contributed by atoms with Crippen LogP contribution in [0.5, 0.6) is 0 Å². The van der Waals surface area contributed by atoms with Crippen LogP contribution >= 0.6 is 15.9 Å². The molecule has 0 spiro atoms. The van der Waals surface area contributed by atoms with Gasteiger partial charge in [-0.25, -0.2) is 0 Å². The SMILES string of the molecule is CCC(CC)C(=O)NCc1nnnn1-c1ccc(Br)cc1. The number of tetrazole rings is 1. The quantitative estimate of drug-likeness (QED) is 0.867. The number of nitrogens with one attached hydrogen (secondary N) is 1. The van der Waals surface area contributed by atoms with E-state index in [4.69, 9.17) is 0 Å². The second-order valence-electron chi connectivity index (χ2n) is 4.71. The lowest BCUT2D eigenvalue weighted by molar-refractivity contribution is -0.125. The lowest BCUT2D eigenvalue weighted by Gasteiger charge is -2.12. The Labute approximate surface area is 132 Å². The minimum atomic E-state index is 0.0435. The molecule has 1 aromatic heterocycles. The highest BCUT2D eigenvalue weighted by Gasteiger charge is 2.15. The summed E-state index contributed by atoms with van der Waals surface area (Å²) in [5, 5.41) is 14.5. The van der Waals surface area contributed by atoms with Gasteiger partial charge in [0.25, 0.3) is 0 Å². The van der Waals surface area contributed by atoms with Gasteiger partial charge in [0.1, 0.15) is 0 Å². The number of carbonyl (C=O) groups excluding carboxylic acids is 1. The number of hydrogen-bond acceptors (Lipinski definition) is 4. The van der Waals surface area contributed by atoms with Crippen molar-refractivity contribution in [2.45, 2.75) is 33.2 Å². The van der Waals surface area contributed by atoms with Gasteiger partial charge in [-0.3, -0.25) is 4.79 Å². The van der Waals surface area contributed by atoms with Gasteiger partial charge in [-0.2, -0.15) is 4.68 Å². The van der Waals surface area contributed by atoms with Crippen LogP contribution in [-0.2, 0) is 11.3 Å². The van der Waals surface area contributed by atoms with Gasteiger partial charge in [-0.1, -0.05) is 29.8 Å². The molecule has 21 heavy (non-hydrogen) atoms. The molecule has 1 heterocycles. The molecule has 0 fully saturated rings. The zero-order valence-electron chi connectivity index (χ0n) is 12.1. The largest absolute Gasteiger partial charge is 0.348 e. The highest BCUT2D eigenvalue weighted by Crippen LogP contribution is 2.14. The summed E-state index contributed by atoms with van der Waals surface area (Å²) in [5.74, 6) is 0.698. The molecule has 6 nitrogen and oxygen atoms in total. The third-order valence-corrected chi connectivity index (χ3v) is 3.91. The van der Waals surface area contributed by atoms with Crippen molar-refractivity contribution in [3.63, 3.8) is 0 Å². The fourth-order valence-electron chi connectivity index (χ4n) is 2.07. The number of benzene rings is 1. The summed E-state index contributed by atoms with van der Waals surface area (Å²) < 4.78 is 2.61. The lowest BCUT2D eigenvalue weighted by Crippen LogP contribution is -2.30. The second-order valence-corrected chi connectivity index (χ2v) is 5.63. The Balaban J connectivity index is 2.07. The van der Waals surface area contributed by atoms with Gasteiger partial charge < -0.3 is 5.32 Å². The highest BCUT2D eigenvalue weighted by molar-refractivity contribution is 9.10. The Kier molecular flexibility index (Phi) is 5.44. The molecule has 0 unspecified atom stereocenters. The Morgan fingerprint density at radius 3 is 2.57 bits per heavy atom. The molecule has 0 radical (unpaired) electrons. The Bertz CT molecular complexity index is 592. The number of amides is 1. The Morgan fingerprint density at radius 2 is 1.95 bits per heavy atom. The molecule has 1 amide bonds. The first-order valence-corrected chi connectivity index (χ1v) is 7.75. The van der Waals surface area contributed by atoms with Crippen LogP contribution in [0.3, 0.4) is 0 Å². The first-order valence-electron chi connectivity index (χ1n) is 6.96. The maximum atomic E-state index is 12.0. The molecule has 0 bridgehead atoms. The Hall–Kier alpha value is -1.76. The number of hydrogen-bond donors (Lipinski definition) is 1. The van der Waals surface area contributed by atoms with Crippen LogP contribution in [0, 0.1) is 5.92 Å². The van der Waals surface area contributed by atoms with E-state index in [0.29, 0.717) is 12.4 Å². The van der Waals surface area contributed by atoms with Crippen LogP contribution in [0.15, 0.2) is 28.7 Å². The molecule has 112 valence electrons. The molecular formula is C14H18BrN5O. The first kappa shape index (κ1) is 15.6. The average Bonchev–Trinajstić information content (AvgIpc) is 2.95. The summed E-state index contributed by atoms with van der Waals surface area (Å²) in [5.41, 5.74) is 0.856. The normalized spacial score (nSPS) is 10.9. The van der Waals surface area contributed by atoms with Crippen LogP contribution in [-0.4, -0.2) is 26.1 Å². The molecule has 0 aliphatic carbocycles. The van der Waals surface area contributed by atoms with Crippen LogP contribution in [0.2, 0.25) is 0 Å². The van der Waals surface area contributed by atoms with Crippen molar-refractivity contribution in [1.29, 1.82) is 0 Å². The zero-order chi connectivity index (χ0) is 15.2. The minimum Gasteiger partial charge on any atom is -0.348 e. The van der Waals surface area contributed by atoms with Gasteiger partial charge in [0, 0.05) is 10.4 Å². The van der Waals surface area contributed by atoms with Crippen molar-refractivity contribution in [3.05, 3.63) is 34.6 Å². The molecule has 1 N–H and O–H groups in total. The van der Waals surface area contributed by atoms with E-state index >= 15 is 0 Å². The second kappa shape index (κ2) is 7.31. The van der Waals surface area contributed by atoms with Crippen LogP contribution < -0.4 is 5.32 Å². The number of halogens is 1. The number of rotatable bonds is 6. The fraction of sp³-hybridized carbons (Fsp3) is 0.429.